The second-order valence-corrected chi connectivity index (χ2v) is 6.22. The van der Waals surface area contributed by atoms with Gasteiger partial charge in [-0.25, -0.2) is 13.6 Å². The van der Waals surface area contributed by atoms with Crippen molar-refractivity contribution in [2.24, 2.45) is 5.73 Å². The minimum atomic E-state index is -1.11. The zero-order valence-electron chi connectivity index (χ0n) is 14.7. The molecule has 144 valence electrons. The van der Waals surface area contributed by atoms with Crippen LogP contribution >= 0.6 is 0 Å². The third kappa shape index (κ3) is 3.71. The summed E-state index contributed by atoms with van der Waals surface area (Å²) >= 11 is 0. The van der Waals surface area contributed by atoms with Gasteiger partial charge in [-0.1, -0.05) is 6.07 Å². The number of allylic oxidation sites excluding steroid dienone is 2. The number of rotatable bonds is 5. The van der Waals surface area contributed by atoms with Crippen molar-refractivity contribution < 1.29 is 32.6 Å². The summed E-state index contributed by atoms with van der Waals surface area (Å²) in [7, 11) is 1.44. The van der Waals surface area contributed by atoms with Crippen LogP contribution in [0.15, 0.2) is 41.0 Å². The van der Waals surface area contributed by atoms with Gasteiger partial charge in [0.05, 0.1) is 12.5 Å². The summed E-state index contributed by atoms with van der Waals surface area (Å²) < 4.78 is 43.4. The number of nitrogens with two attached hydrogens (primary N) is 1. The van der Waals surface area contributed by atoms with Gasteiger partial charge < -0.3 is 19.9 Å². The molecule has 1 aromatic rings. The van der Waals surface area contributed by atoms with E-state index in [4.69, 9.17) is 19.9 Å². The predicted molar refractivity (Wildman–Crippen MR) is 90.1 cm³/mol. The summed E-state index contributed by atoms with van der Waals surface area (Å²) in [5, 5.41) is 0. The molecule has 0 saturated carbocycles. The van der Waals surface area contributed by atoms with Crippen LogP contribution in [-0.2, 0) is 23.8 Å². The third-order valence-electron chi connectivity index (χ3n) is 4.50. The number of Topliss-reactive ketones (excluding diaryl/α,β-unsaturated/α-hetero) is 1. The van der Waals surface area contributed by atoms with Gasteiger partial charge in [-0.15, -0.1) is 0 Å². The second-order valence-electron chi connectivity index (χ2n) is 6.22. The van der Waals surface area contributed by atoms with Gasteiger partial charge in [-0.05, 0) is 12.5 Å². The Morgan fingerprint density at radius 1 is 1.30 bits per heavy atom. The maximum absolute atomic E-state index is 14.5. The first-order valence-electron chi connectivity index (χ1n) is 8.48. The lowest BCUT2D eigenvalue weighted by atomic mass is 9.77. The van der Waals surface area contributed by atoms with Crippen molar-refractivity contribution in [2.45, 2.75) is 25.2 Å². The molecular formula is C19H19F2NO5. The fourth-order valence-electron chi connectivity index (χ4n) is 3.30. The summed E-state index contributed by atoms with van der Waals surface area (Å²) in [6, 6.07) is 2.96. The average molecular weight is 379 g/mol. The van der Waals surface area contributed by atoms with Crippen molar-refractivity contribution in [3.63, 3.8) is 0 Å². The molecule has 1 aliphatic carbocycles. The van der Waals surface area contributed by atoms with Gasteiger partial charge in [0.1, 0.15) is 29.6 Å². The largest absolute Gasteiger partial charge is 0.460 e. The van der Waals surface area contributed by atoms with Crippen molar-refractivity contribution in [3.8, 4) is 0 Å². The molecule has 0 radical (unpaired) electrons. The van der Waals surface area contributed by atoms with E-state index in [9.17, 15) is 18.4 Å². The number of methoxy groups -OCH3 is 1. The Morgan fingerprint density at radius 2 is 2.07 bits per heavy atom. The second kappa shape index (κ2) is 7.87. The van der Waals surface area contributed by atoms with Gasteiger partial charge in [0, 0.05) is 37.2 Å². The van der Waals surface area contributed by atoms with E-state index in [0.717, 1.165) is 6.07 Å². The first kappa shape index (κ1) is 19.0. The monoisotopic (exact) mass is 379 g/mol. The highest BCUT2D eigenvalue weighted by Crippen LogP contribution is 2.44. The Morgan fingerprint density at radius 3 is 2.78 bits per heavy atom. The maximum atomic E-state index is 14.5. The Balaban J connectivity index is 2.09. The van der Waals surface area contributed by atoms with Gasteiger partial charge in [-0.3, -0.25) is 4.79 Å². The van der Waals surface area contributed by atoms with Crippen LogP contribution in [0.3, 0.4) is 0 Å². The Hall–Kier alpha value is -2.74. The summed E-state index contributed by atoms with van der Waals surface area (Å²) in [5.41, 5.74) is 5.88. The highest BCUT2D eigenvalue weighted by molar-refractivity contribution is 6.03. The SMILES string of the molecule is COCCOC(=O)C1=C(N)OC2=C(C(=O)CCC2)[C@H]1c1ccc(F)cc1F. The molecule has 1 atom stereocenters. The third-order valence-corrected chi connectivity index (χ3v) is 4.50. The Labute approximate surface area is 154 Å². The van der Waals surface area contributed by atoms with Gasteiger partial charge >= 0.3 is 5.97 Å². The van der Waals surface area contributed by atoms with Crippen molar-refractivity contribution in [3.05, 3.63) is 58.2 Å². The number of hydrogen-bond acceptors (Lipinski definition) is 6. The summed E-state index contributed by atoms with van der Waals surface area (Å²) in [4.78, 5) is 25.2. The van der Waals surface area contributed by atoms with Crippen molar-refractivity contribution in [1.82, 2.24) is 0 Å². The average Bonchev–Trinajstić information content (AvgIpc) is 2.61. The minimum absolute atomic E-state index is 0.0379. The fraction of sp³-hybridized carbons (Fsp3) is 0.368. The summed E-state index contributed by atoms with van der Waals surface area (Å²) in [5.74, 6) is -3.82. The molecule has 2 N–H and O–H groups in total. The number of carbonyl (C=O) groups excluding carboxylic acids is 2. The molecule has 0 saturated heterocycles. The predicted octanol–water partition coefficient (Wildman–Crippen LogP) is 2.45. The van der Waals surface area contributed by atoms with Crippen molar-refractivity contribution in [2.75, 3.05) is 20.3 Å². The smallest absolute Gasteiger partial charge is 0.340 e. The van der Waals surface area contributed by atoms with Crippen LogP contribution in [0.5, 0.6) is 0 Å². The van der Waals surface area contributed by atoms with Gasteiger partial charge in [0.25, 0.3) is 0 Å². The van der Waals surface area contributed by atoms with E-state index in [1.54, 1.807) is 0 Å². The number of ketones is 1. The van der Waals surface area contributed by atoms with Crippen LogP contribution < -0.4 is 5.73 Å². The summed E-state index contributed by atoms with van der Waals surface area (Å²) in [6.07, 6.45) is 1.25. The zero-order valence-corrected chi connectivity index (χ0v) is 14.7. The van der Waals surface area contributed by atoms with Crippen LogP contribution in [-0.4, -0.2) is 32.1 Å². The summed E-state index contributed by atoms with van der Waals surface area (Å²) in [6.45, 7) is 0.104. The van der Waals surface area contributed by atoms with E-state index < -0.39 is 23.5 Å². The molecule has 0 fully saturated rings. The molecular weight excluding hydrogens is 360 g/mol. The van der Waals surface area contributed by atoms with E-state index >= 15 is 0 Å². The number of carbonyl (C=O) groups is 2. The number of benzene rings is 1. The normalized spacial score (nSPS) is 19.7. The molecule has 1 heterocycles. The molecule has 27 heavy (non-hydrogen) atoms. The van der Waals surface area contributed by atoms with Gasteiger partial charge in [0.2, 0.25) is 5.88 Å². The van der Waals surface area contributed by atoms with E-state index in [0.29, 0.717) is 24.7 Å². The van der Waals surface area contributed by atoms with Crippen LogP contribution in [0, 0.1) is 11.6 Å². The van der Waals surface area contributed by atoms with Crippen LogP contribution in [0.2, 0.25) is 0 Å². The van der Waals surface area contributed by atoms with E-state index in [2.05, 4.69) is 0 Å². The zero-order chi connectivity index (χ0) is 19.6. The van der Waals surface area contributed by atoms with Crippen LogP contribution in [0.4, 0.5) is 8.78 Å². The van der Waals surface area contributed by atoms with Gasteiger partial charge in [-0.2, -0.15) is 0 Å². The van der Waals surface area contributed by atoms with Crippen molar-refractivity contribution >= 4 is 11.8 Å². The molecule has 3 rings (SSSR count). The van der Waals surface area contributed by atoms with Crippen molar-refractivity contribution in [1.29, 1.82) is 0 Å². The number of halogens is 2. The lowest BCUT2D eigenvalue weighted by Crippen LogP contribution is -2.32. The molecule has 0 spiro atoms. The maximum Gasteiger partial charge on any atom is 0.340 e. The van der Waals surface area contributed by atoms with Crippen LogP contribution in [0.1, 0.15) is 30.7 Å². The molecule has 8 heteroatoms. The van der Waals surface area contributed by atoms with E-state index in [-0.39, 0.29) is 48.0 Å². The van der Waals surface area contributed by atoms with Gasteiger partial charge in [0.15, 0.2) is 5.78 Å². The number of ether oxygens (including phenoxy) is 3. The molecule has 0 bridgehead atoms. The highest BCUT2D eigenvalue weighted by atomic mass is 19.1. The first-order valence-corrected chi connectivity index (χ1v) is 8.48. The molecule has 1 aliphatic heterocycles. The first-order chi connectivity index (χ1) is 12.9. The molecule has 2 aliphatic rings. The lowest BCUT2D eigenvalue weighted by molar-refractivity contribution is -0.140. The lowest BCUT2D eigenvalue weighted by Gasteiger charge is -2.32. The Bertz CT molecular complexity index is 847. The van der Waals surface area contributed by atoms with E-state index in [1.165, 1.54) is 13.2 Å². The molecule has 6 nitrogen and oxygen atoms in total. The molecule has 0 unspecified atom stereocenters. The standard InChI is InChI=1S/C19H19F2NO5/c1-25-7-8-26-19(24)17-15(11-6-5-10(20)9-12(11)21)16-13(23)3-2-4-14(16)27-18(17)22/h5-6,9,15H,2-4,7-8,22H2,1H3/t15-/m1/s1. The fourth-order valence-corrected chi connectivity index (χ4v) is 3.30. The highest BCUT2D eigenvalue weighted by Gasteiger charge is 2.42. The number of esters is 1. The quantitative estimate of drug-likeness (QED) is 0.625. The molecule has 1 aromatic carbocycles. The van der Waals surface area contributed by atoms with E-state index in [1.807, 2.05) is 0 Å². The topological polar surface area (TPSA) is 87.8 Å². The van der Waals surface area contributed by atoms with Crippen LogP contribution in [0.25, 0.3) is 0 Å². The number of hydrogen-bond donors (Lipinski definition) is 1. The molecule has 0 amide bonds. The minimum Gasteiger partial charge on any atom is -0.460 e. The Kier molecular flexibility index (Phi) is 5.55. The molecule has 0 aromatic heterocycles.